The number of hydrogen-bond donors (Lipinski definition) is 1. The number of amides is 2. The number of carbonyl (C=O) groups is 1. The molecule has 2 heterocycles. The Bertz CT molecular complexity index is 636. The van der Waals surface area contributed by atoms with E-state index in [2.05, 4.69) is 20.5 Å². The molecular weight excluding hydrogens is 280 g/mol. The monoisotopic (exact) mass is 300 g/mol. The smallest absolute Gasteiger partial charge is 0.318 e. The zero-order chi connectivity index (χ0) is 15.5. The average Bonchev–Trinajstić information content (AvgIpc) is 3.26. The van der Waals surface area contributed by atoms with Crippen LogP contribution in [-0.4, -0.2) is 36.7 Å². The number of nitrogens with one attached hydrogen (secondary N) is 1. The van der Waals surface area contributed by atoms with Gasteiger partial charge in [0.25, 0.3) is 0 Å². The lowest BCUT2D eigenvalue weighted by molar-refractivity contribution is 0.187. The molecule has 0 aromatic carbocycles. The van der Waals surface area contributed by atoms with Crippen LogP contribution in [-0.2, 0) is 13.6 Å². The van der Waals surface area contributed by atoms with E-state index in [0.29, 0.717) is 12.6 Å². The van der Waals surface area contributed by atoms with Gasteiger partial charge in [-0.1, -0.05) is 6.07 Å². The highest BCUT2D eigenvalue weighted by molar-refractivity contribution is 5.75. The van der Waals surface area contributed by atoms with Gasteiger partial charge in [0.05, 0.1) is 18.3 Å². The SMILES string of the molecule is C[C@H](NC(=O)N(Cc1ccccn1)C1CC1)c1nncn1C. The van der Waals surface area contributed by atoms with Crippen molar-refractivity contribution < 1.29 is 4.79 Å². The van der Waals surface area contributed by atoms with Gasteiger partial charge < -0.3 is 14.8 Å². The zero-order valence-electron chi connectivity index (χ0n) is 12.8. The molecule has 116 valence electrons. The van der Waals surface area contributed by atoms with E-state index in [-0.39, 0.29) is 12.1 Å². The van der Waals surface area contributed by atoms with E-state index < -0.39 is 0 Å². The maximum Gasteiger partial charge on any atom is 0.318 e. The summed E-state index contributed by atoms with van der Waals surface area (Å²) in [7, 11) is 1.87. The summed E-state index contributed by atoms with van der Waals surface area (Å²) in [4.78, 5) is 18.7. The van der Waals surface area contributed by atoms with Gasteiger partial charge in [-0.15, -0.1) is 10.2 Å². The zero-order valence-corrected chi connectivity index (χ0v) is 12.8. The predicted molar refractivity (Wildman–Crippen MR) is 80.8 cm³/mol. The molecule has 1 aliphatic carbocycles. The van der Waals surface area contributed by atoms with Gasteiger partial charge in [-0.25, -0.2) is 4.79 Å². The second kappa shape index (κ2) is 6.13. The molecule has 1 saturated carbocycles. The second-order valence-corrected chi connectivity index (χ2v) is 5.65. The second-order valence-electron chi connectivity index (χ2n) is 5.65. The first kappa shape index (κ1) is 14.5. The maximum atomic E-state index is 12.6. The summed E-state index contributed by atoms with van der Waals surface area (Å²) in [6.07, 6.45) is 5.49. The van der Waals surface area contributed by atoms with Crippen LogP contribution in [0, 0.1) is 0 Å². The number of pyridine rings is 1. The molecule has 0 aliphatic heterocycles. The van der Waals surface area contributed by atoms with Gasteiger partial charge in [0.2, 0.25) is 0 Å². The molecule has 1 fully saturated rings. The van der Waals surface area contributed by atoms with Gasteiger partial charge >= 0.3 is 6.03 Å². The lowest BCUT2D eigenvalue weighted by atomic mass is 10.3. The van der Waals surface area contributed by atoms with Gasteiger partial charge in [-0.05, 0) is 31.9 Å². The molecule has 0 spiro atoms. The standard InChI is InChI=1S/C15H20N6O/c1-11(14-19-17-10-20(14)2)18-15(22)21(13-6-7-13)9-12-5-3-4-8-16-12/h3-5,8,10-11,13H,6-7,9H2,1-2H3,(H,18,22)/t11-/m0/s1. The molecule has 1 aliphatic rings. The van der Waals surface area contributed by atoms with Crippen LogP contribution in [0.4, 0.5) is 4.79 Å². The van der Waals surface area contributed by atoms with Crippen molar-refractivity contribution in [2.75, 3.05) is 0 Å². The highest BCUT2D eigenvalue weighted by Gasteiger charge is 2.33. The van der Waals surface area contributed by atoms with E-state index in [1.165, 1.54) is 0 Å². The number of hydrogen-bond acceptors (Lipinski definition) is 4. The Kier molecular flexibility index (Phi) is 4.04. The number of urea groups is 1. The largest absolute Gasteiger partial charge is 0.328 e. The number of aryl methyl sites for hydroxylation is 1. The minimum absolute atomic E-state index is 0.0800. The molecule has 3 rings (SSSR count). The summed E-state index contributed by atoms with van der Waals surface area (Å²) in [6.45, 7) is 2.44. The first-order valence-corrected chi connectivity index (χ1v) is 7.46. The number of nitrogens with zero attached hydrogens (tertiary/aromatic N) is 5. The quantitative estimate of drug-likeness (QED) is 0.911. The summed E-state index contributed by atoms with van der Waals surface area (Å²) in [5, 5.41) is 10.9. The first-order valence-electron chi connectivity index (χ1n) is 7.46. The fraction of sp³-hybridized carbons (Fsp3) is 0.467. The van der Waals surface area contributed by atoms with E-state index in [4.69, 9.17) is 0 Å². The summed E-state index contributed by atoms with van der Waals surface area (Å²) in [5.41, 5.74) is 0.899. The van der Waals surface area contributed by atoms with Crippen LogP contribution in [0.3, 0.4) is 0 Å². The van der Waals surface area contributed by atoms with Crippen molar-refractivity contribution in [3.05, 3.63) is 42.2 Å². The molecule has 2 amide bonds. The lowest BCUT2D eigenvalue weighted by Gasteiger charge is -2.24. The van der Waals surface area contributed by atoms with E-state index in [0.717, 1.165) is 24.4 Å². The number of carbonyl (C=O) groups excluding carboxylic acids is 1. The van der Waals surface area contributed by atoms with Gasteiger partial charge in [0.1, 0.15) is 6.33 Å². The molecule has 2 aromatic rings. The molecular formula is C15H20N6O. The summed E-state index contributed by atoms with van der Waals surface area (Å²) >= 11 is 0. The molecule has 0 radical (unpaired) electrons. The Morgan fingerprint density at radius 3 is 2.91 bits per heavy atom. The molecule has 0 bridgehead atoms. The van der Waals surface area contributed by atoms with Crippen molar-refractivity contribution in [3.63, 3.8) is 0 Å². The van der Waals surface area contributed by atoms with Gasteiger partial charge in [0.15, 0.2) is 5.82 Å². The minimum atomic E-state index is -0.190. The molecule has 1 atom stereocenters. The maximum absolute atomic E-state index is 12.6. The third kappa shape index (κ3) is 3.24. The Morgan fingerprint density at radius 2 is 2.32 bits per heavy atom. The van der Waals surface area contributed by atoms with Crippen molar-refractivity contribution >= 4 is 6.03 Å². The predicted octanol–water partition coefficient (Wildman–Crippen LogP) is 1.65. The number of rotatable bonds is 5. The Balaban J connectivity index is 1.67. The molecule has 7 heteroatoms. The molecule has 0 unspecified atom stereocenters. The van der Waals surface area contributed by atoms with Crippen LogP contribution in [0.1, 0.15) is 37.3 Å². The van der Waals surface area contributed by atoms with Crippen LogP contribution >= 0.6 is 0 Å². The third-order valence-corrected chi connectivity index (χ3v) is 3.78. The van der Waals surface area contributed by atoms with Crippen LogP contribution < -0.4 is 5.32 Å². The summed E-state index contributed by atoms with van der Waals surface area (Å²) < 4.78 is 1.81. The normalized spacial score (nSPS) is 15.4. The Morgan fingerprint density at radius 1 is 1.50 bits per heavy atom. The first-order chi connectivity index (χ1) is 10.6. The van der Waals surface area contributed by atoms with Crippen LogP contribution in [0.15, 0.2) is 30.7 Å². The van der Waals surface area contributed by atoms with Crippen molar-refractivity contribution in [2.45, 2.75) is 38.4 Å². The highest BCUT2D eigenvalue weighted by Crippen LogP contribution is 2.28. The van der Waals surface area contributed by atoms with Crippen LogP contribution in [0.5, 0.6) is 0 Å². The fourth-order valence-electron chi connectivity index (χ4n) is 2.44. The topological polar surface area (TPSA) is 75.9 Å². The lowest BCUT2D eigenvalue weighted by Crippen LogP contribution is -2.42. The Hall–Kier alpha value is -2.44. The molecule has 1 N–H and O–H groups in total. The van der Waals surface area contributed by atoms with Crippen LogP contribution in [0.25, 0.3) is 0 Å². The van der Waals surface area contributed by atoms with E-state index >= 15 is 0 Å². The van der Waals surface area contributed by atoms with Gasteiger partial charge in [-0.2, -0.15) is 0 Å². The molecule has 7 nitrogen and oxygen atoms in total. The average molecular weight is 300 g/mol. The van der Waals surface area contributed by atoms with Crippen molar-refractivity contribution in [2.24, 2.45) is 7.05 Å². The molecule has 0 saturated heterocycles. The molecule has 22 heavy (non-hydrogen) atoms. The van der Waals surface area contributed by atoms with E-state index in [1.54, 1.807) is 12.5 Å². The van der Waals surface area contributed by atoms with Gasteiger partial charge in [-0.3, -0.25) is 4.98 Å². The van der Waals surface area contributed by atoms with Crippen LogP contribution in [0.2, 0.25) is 0 Å². The van der Waals surface area contributed by atoms with Crippen molar-refractivity contribution in [1.82, 2.24) is 30.0 Å². The van der Waals surface area contributed by atoms with Crippen molar-refractivity contribution in [3.8, 4) is 0 Å². The van der Waals surface area contributed by atoms with E-state index in [9.17, 15) is 4.79 Å². The highest BCUT2D eigenvalue weighted by atomic mass is 16.2. The fourth-order valence-corrected chi connectivity index (χ4v) is 2.44. The summed E-state index contributed by atoms with van der Waals surface area (Å²) in [5.74, 6) is 0.738. The van der Waals surface area contributed by atoms with Gasteiger partial charge in [0, 0.05) is 19.3 Å². The third-order valence-electron chi connectivity index (χ3n) is 3.78. The Labute approximate surface area is 129 Å². The van der Waals surface area contributed by atoms with E-state index in [1.807, 2.05) is 41.6 Å². The summed E-state index contributed by atoms with van der Waals surface area (Å²) in [6, 6.07) is 5.80. The number of aromatic nitrogens is 4. The molecule has 2 aromatic heterocycles. The minimum Gasteiger partial charge on any atom is -0.328 e. The van der Waals surface area contributed by atoms with Crippen molar-refractivity contribution in [1.29, 1.82) is 0 Å².